The maximum atomic E-state index is 8.88. The van der Waals surface area contributed by atoms with Crippen molar-refractivity contribution in [2.75, 3.05) is 0 Å². The van der Waals surface area contributed by atoms with Gasteiger partial charge in [-0.05, 0) is 0 Å². The Kier molecular flexibility index (Phi) is 17.7. The van der Waals surface area contributed by atoms with Crippen molar-refractivity contribution in [3.05, 3.63) is 0 Å². The van der Waals surface area contributed by atoms with Gasteiger partial charge in [-0.25, -0.2) is 4.57 Å². The average molecular weight is 276 g/mol. The molecular weight excluding hydrogens is 270 g/mol. The van der Waals surface area contributed by atoms with Crippen LogP contribution in [0.5, 0.6) is 0 Å². The fourth-order valence-electron chi connectivity index (χ4n) is 0. The Hall–Kier alpha value is 1.50. The summed E-state index contributed by atoms with van der Waals surface area (Å²) in [6, 6.07) is 0. The molecule has 8 nitrogen and oxygen atoms in total. The first-order valence-electron chi connectivity index (χ1n) is 1.48. The minimum Gasteiger partial charge on any atom is -1.00 e. The van der Waals surface area contributed by atoms with Gasteiger partial charge in [0.05, 0.1) is 0 Å². The summed E-state index contributed by atoms with van der Waals surface area (Å²) in [5.41, 5.74) is 0. The standard InChI is InChI=1S/Fe.Na.H3O4P.H2O4S.H/c;;2*1-5(2,3)4;/h;;(H3,1,2,3,4);(H2,1,2,3,4);/q;+1;;;-1. The molecule has 0 atom stereocenters. The van der Waals surface area contributed by atoms with Crippen molar-refractivity contribution in [1.82, 2.24) is 0 Å². The molecule has 0 aliphatic heterocycles. The molecule has 12 heavy (non-hydrogen) atoms. The maximum absolute atomic E-state index is 8.88. The van der Waals surface area contributed by atoms with Gasteiger partial charge in [-0.1, -0.05) is 0 Å². The largest absolute Gasteiger partial charge is 1.00 e. The SMILES string of the molecule is O=P(O)(O)O.O=S(=O)(O)O.[Fe].[H-].[Na+]. The van der Waals surface area contributed by atoms with E-state index >= 15 is 0 Å². The summed E-state index contributed by atoms with van der Waals surface area (Å²) in [7, 11) is -9.31. The smallest absolute Gasteiger partial charge is 1.00 e. The van der Waals surface area contributed by atoms with E-state index in [1.165, 1.54) is 0 Å². The molecule has 0 amide bonds. The minimum atomic E-state index is -4.67. The van der Waals surface area contributed by atoms with E-state index in [4.69, 9.17) is 36.8 Å². The van der Waals surface area contributed by atoms with E-state index < -0.39 is 18.2 Å². The van der Waals surface area contributed by atoms with Crippen molar-refractivity contribution >= 4 is 18.2 Å². The van der Waals surface area contributed by atoms with Gasteiger partial charge in [-0.3, -0.25) is 9.11 Å². The third kappa shape index (κ3) is 564. The first-order chi connectivity index (χ1) is 4.00. The van der Waals surface area contributed by atoms with Gasteiger partial charge in [0, 0.05) is 17.1 Å². The van der Waals surface area contributed by atoms with Crippen LogP contribution >= 0.6 is 7.82 Å². The third-order valence-corrected chi connectivity index (χ3v) is 0. The summed E-state index contributed by atoms with van der Waals surface area (Å²) < 4.78 is 40.5. The zero-order valence-corrected chi connectivity index (χ0v) is 10.5. The van der Waals surface area contributed by atoms with Crippen LogP contribution in [0, 0.1) is 0 Å². The molecule has 0 heterocycles. The fraction of sp³-hybridized carbons (Fsp3) is 0. The van der Waals surface area contributed by atoms with Gasteiger partial charge in [0.2, 0.25) is 0 Å². The molecule has 0 aromatic carbocycles. The van der Waals surface area contributed by atoms with Crippen LogP contribution in [0.15, 0.2) is 0 Å². The van der Waals surface area contributed by atoms with Crippen molar-refractivity contribution < 1.29 is 84.8 Å². The molecule has 0 saturated heterocycles. The summed E-state index contributed by atoms with van der Waals surface area (Å²) in [5, 5.41) is 0. The molecule has 0 saturated carbocycles. The number of hydrogen-bond donors (Lipinski definition) is 5. The Balaban J connectivity index is -0.0000000267. The summed E-state index contributed by atoms with van der Waals surface area (Å²) in [6.07, 6.45) is 0. The van der Waals surface area contributed by atoms with Crippen molar-refractivity contribution in [3.8, 4) is 0 Å². The molecule has 0 aromatic rings. The summed E-state index contributed by atoms with van der Waals surface area (Å²) in [5.74, 6) is 0. The molecule has 0 bridgehead atoms. The molecule has 12 heteroatoms. The zero-order valence-electron chi connectivity index (χ0n) is 6.67. The molecule has 0 unspecified atom stereocenters. The molecule has 74 valence electrons. The van der Waals surface area contributed by atoms with Gasteiger partial charge in [0.1, 0.15) is 0 Å². The summed E-state index contributed by atoms with van der Waals surface area (Å²) >= 11 is 0. The van der Waals surface area contributed by atoms with Gasteiger partial charge < -0.3 is 16.1 Å². The predicted molar refractivity (Wildman–Crippen MR) is 29.6 cm³/mol. The van der Waals surface area contributed by atoms with E-state index in [2.05, 4.69) is 0 Å². The van der Waals surface area contributed by atoms with Gasteiger partial charge in [-0.2, -0.15) is 8.42 Å². The van der Waals surface area contributed by atoms with Crippen LogP contribution in [-0.2, 0) is 32.0 Å². The molecule has 0 radical (unpaired) electrons. The van der Waals surface area contributed by atoms with Gasteiger partial charge in [0.25, 0.3) is 0 Å². The van der Waals surface area contributed by atoms with Crippen molar-refractivity contribution in [2.45, 2.75) is 0 Å². The predicted octanol–water partition coefficient (Wildman–Crippen LogP) is -4.47. The Morgan fingerprint density at radius 2 is 1.08 bits per heavy atom. The molecule has 0 fully saturated rings. The fourth-order valence-corrected chi connectivity index (χ4v) is 0. The van der Waals surface area contributed by atoms with Crippen molar-refractivity contribution in [1.29, 1.82) is 0 Å². The first kappa shape index (κ1) is 23.4. The molecule has 0 aliphatic carbocycles. The van der Waals surface area contributed by atoms with E-state index in [9.17, 15) is 0 Å². The van der Waals surface area contributed by atoms with Gasteiger partial charge in [-0.15, -0.1) is 0 Å². The Morgan fingerprint density at radius 1 is 1.08 bits per heavy atom. The van der Waals surface area contributed by atoms with Crippen LogP contribution in [0.4, 0.5) is 0 Å². The van der Waals surface area contributed by atoms with E-state index in [-0.39, 0.29) is 48.1 Å². The number of hydrogen-bond acceptors (Lipinski definition) is 3. The Morgan fingerprint density at radius 3 is 1.08 bits per heavy atom. The molecular formula is H6FeNaO8PS. The van der Waals surface area contributed by atoms with Gasteiger partial charge in [0.15, 0.2) is 0 Å². The number of phosphoric acid groups is 1. The topological polar surface area (TPSA) is 152 Å². The number of rotatable bonds is 0. The minimum absolute atomic E-state index is 0. The van der Waals surface area contributed by atoms with E-state index in [0.717, 1.165) is 0 Å². The molecule has 0 aromatic heterocycles. The van der Waals surface area contributed by atoms with Crippen LogP contribution in [0.1, 0.15) is 1.43 Å². The average Bonchev–Trinajstić information content (AvgIpc) is 1.12. The maximum Gasteiger partial charge on any atom is 1.00 e. The Labute approximate surface area is 102 Å². The zero-order chi connectivity index (χ0) is 9.00. The van der Waals surface area contributed by atoms with E-state index in [0.29, 0.717) is 0 Å². The normalized spacial score (nSPS) is 9.75. The van der Waals surface area contributed by atoms with Gasteiger partial charge >= 0.3 is 47.8 Å². The second-order valence-corrected chi connectivity index (χ2v) is 2.88. The molecule has 0 rings (SSSR count). The van der Waals surface area contributed by atoms with E-state index in [1.807, 2.05) is 0 Å². The van der Waals surface area contributed by atoms with Crippen LogP contribution in [0.25, 0.3) is 0 Å². The summed E-state index contributed by atoms with van der Waals surface area (Å²) in [6.45, 7) is 0. The Bertz CT molecular complexity index is 202. The van der Waals surface area contributed by atoms with Crippen LogP contribution in [-0.4, -0.2) is 32.2 Å². The van der Waals surface area contributed by atoms with Crippen LogP contribution < -0.4 is 29.6 Å². The molecule has 0 aliphatic rings. The summed E-state index contributed by atoms with van der Waals surface area (Å²) in [4.78, 5) is 21.6. The second kappa shape index (κ2) is 9.07. The molecule has 0 spiro atoms. The monoisotopic (exact) mass is 276 g/mol. The van der Waals surface area contributed by atoms with Crippen molar-refractivity contribution in [2.24, 2.45) is 0 Å². The van der Waals surface area contributed by atoms with E-state index in [1.54, 1.807) is 0 Å². The third-order valence-electron chi connectivity index (χ3n) is 0. The first-order valence-corrected chi connectivity index (χ1v) is 4.44. The molecule has 5 N–H and O–H groups in total. The van der Waals surface area contributed by atoms with Crippen molar-refractivity contribution in [3.63, 3.8) is 0 Å². The van der Waals surface area contributed by atoms with Crippen LogP contribution in [0.2, 0.25) is 0 Å². The second-order valence-electron chi connectivity index (χ2n) is 0.961. The van der Waals surface area contributed by atoms with Crippen LogP contribution in [0.3, 0.4) is 0 Å². The quantitative estimate of drug-likeness (QED) is 0.169.